The fraction of sp³-hybridized carbons (Fsp3) is 0.217. The quantitative estimate of drug-likeness (QED) is 0.266. The molecular weight excluding hydrogens is 518 g/mol. The van der Waals surface area contributed by atoms with E-state index in [1.165, 1.54) is 4.90 Å². The van der Waals surface area contributed by atoms with Crippen LogP contribution in [0.25, 0.3) is 6.08 Å². The topological polar surface area (TPSA) is 65.1 Å². The third-order valence-electron chi connectivity index (χ3n) is 4.25. The molecule has 0 aromatic heterocycles. The van der Waals surface area contributed by atoms with Crippen LogP contribution < -0.4 is 14.2 Å². The van der Waals surface area contributed by atoms with Gasteiger partial charge in [0, 0.05) is 5.02 Å². The SMILES string of the molecule is C=CCOc1c(Br)cc(/C=C2\SC(=O)N(CCOc3ccc(Cl)cc3)C2=O)cc1OCC. The van der Waals surface area contributed by atoms with Gasteiger partial charge in [0.2, 0.25) is 0 Å². The fourth-order valence-corrected chi connectivity index (χ4v) is 4.41. The van der Waals surface area contributed by atoms with E-state index in [-0.39, 0.29) is 24.3 Å². The van der Waals surface area contributed by atoms with Gasteiger partial charge < -0.3 is 14.2 Å². The number of halogens is 2. The molecule has 0 spiro atoms. The van der Waals surface area contributed by atoms with E-state index in [1.807, 2.05) is 6.92 Å². The molecule has 0 radical (unpaired) electrons. The minimum absolute atomic E-state index is 0.146. The van der Waals surface area contributed by atoms with Gasteiger partial charge in [-0.25, -0.2) is 0 Å². The lowest BCUT2D eigenvalue weighted by atomic mass is 10.2. The fourth-order valence-electron chi connectivity index (χ4n) is 2.85. The Labute approximate surface area is 204 Å². The van der Waals surface area contributed by atoms with Crippen LogP contribution >= 0.6 is 39.3 Å². The largest absolute Gasteiger partial charge is 0.492 e. The molecule has 2 aromatic carbocycles. The summed E-state index contributed by atoms with van der Waals surface area (Å²) in [7, 11) is 0. The van der Waals surface area contributed by atoms with E-state index in [0.29, 0.717) is 50.4 Å². The predicted molar refractivity (Wildman–Crippen MR) is 131 cm³/mol. The van der Waals surface area contributed by atoms with Gasteiger partial charge in [-0.2, -0.15) is 0 Å². The number of hydrogen-bond donors (Lipinski definition) is 0. The Balaban J connectivity index is 1.71. The van der Waals surface area contributed by atoms with Crippen LogP contribution in [0.3, 0.4) is 0 Å². The van der Waals surface area contributed by atoms with E-state index >= 15 is 0 Å². The van der Waals surface area contributed by atoms with Crippen molar-refractivity contribution < 1.29 is 23.8 Å². The molecule has 168 valence electrons. The zero-order valence-corrected chi connectivity index (χ0v) is 20.5. The summed E-state index contributed by atoms with van der Waals surface area (Å²) in [4.78, 5) is 26.6. The minimum Gasteiger partial charge on any atom is -0.492 e. The smallest absolute Gasteiger partial charge is 0.293 e. The maximum absolute atomic E-state index is 12.8. The molecule has 0 unspecified atom stereocenters. The number of hydrogen-bond acceptors (Lipinski definition) is 6. The van der Waals surface area contributed by atoms with Crippen LogP contribution in [0.1, 0.15) is 12.5 Å². The average Bonchev–Trinajstić information content (AvgIpc) is 3.02. The second-order valence-corrected chi connectivity index (χ2v) is 8.78. The number of carbonyl (C=O) groups excluding carboxylic acids is 2. The Morgan fingerprint density at radius 2 is 1.91 bits per heavy atom. The lowest BCUT2D eigenvalue weighted by Crippen LogP contribution is -2.32. The molecule has 1 aliphatic rings. The Morgan fingerprint density at radius 3 is 2.59 bits per heavy atom. The number of amides is 2. The molecule has 1 aliphatic heterocycles. The summed E-state index contributed by atoms with van der Waals surface area (Å²) in [5, 5.41) is 0.267. The molecule has 1 fully saturated rings. The van der Waals surface area contributed by atoms with E-state index in [1.54, 1.807) is 48.6 Å². The highest BCUT2D eigenvalue weighted by Gasteiger charge is 2.34. The van der Waals surface area contributed by atoms with Gasteiger partial charge in [-0.3, -0.25) is 14.5 Å². The Morgan fingerprint density at radius 1 is 1.16 bits per heavy atom. The molecular formula is C23H21BrClNO5S. The number of ether oxygens (including phenoxy) is 3. The summed E-state index contributed by atoms with van der Waals surface area (Å²) in [6.45, 7) is 6.63. The van der Waals surface area contributed by atoms with Gasteiger partial charge >= 0.3 is 0 Å². The van der Waals surface area contributed by atoms with E-state index in [9.17, 15) is 9.59 Å². The van der Waals surface area contributed by atoms with E-state index in [4.69, 9.17) is 25.8 Å². The van der Waals surface area contributed by atoms with Crippen molar-refractivity contribution in [3.05, 3.63) is 69.0 Å². The summed E-state index contributed by atoms with van der Waals surface area (Å²) < 4.78 is 17.6. The highest BCUT2D eigenvalue weighted by Crippen LogP contribution is 2.39. The lowest BCUT2D eigenvalue weighted by Gasteiger charge is -2.14. The van der Waals surface area contributed by atoms with Crippen LogP contribution in [0.15, 0.2) is 58.4 Å². The number of benzene rings is 2. The molecule has 2 aromatic rings. The first-order chi connectivity index (χ1) is 15.4. The normalized spacial score (nSPS) is 14.7. The van der Waals surface area contributed by atoms with Crippen LogP contribution in [0, 0.1) is 0 Å². The van der Waals surface area contributed by atoms with E-state index in [2.05, 4.69) is 22.5 Å². The maximum Gasteiger partial charge on any atom is 0.293 e. The van der Waals surface area contributed by atoms with Crippen molar-refractivity contribution in [2.75, 3.05) is 26.4 Å². The third-order valence-corrected chi connectivity index (χ3v) is 5.99. The van der Waals surface area contributed by atoms with Crippen molar-refractivity contribution in [1.29, 1.82) is 0 Å². The molecule has 1 saturated heterocycles. The van der Waals surface area contributed by atoms with Crippen LogP contribution in [0.5, 0.6) is 17.2 Å². The molecule has 0 bridgehead atoms. The Kier molecular flexibility index (Phi) is 8.67. The number of rotatable bonds is 10. The monoisotopic (exact) mass is 537 g/mol. The van der Waals surface area contributed by atoms with Gasteiger partial charge in [0.15, 0.2) is 11.5 Å². The van der Waals surface area contributed by atoms with E-state index < -0.39 is 0 Å². The molecule has 0 saturated carbocycles. The second kappa shape index (κ2) is 11.4. The maximum atomic E-state index is 12.8. The Hall–Kier alpha value is -2.42. The summed E-state index contributed by atoms with van der Waals surface area (Å²) >= 11 is 10.2. The summed E-state index contributed by atoms with van der Waals surface area (Å²) in [6.07, 6.45) is 3.30. The Bertz CT molecular complexity index is 1040. The molecule has 0 atom stereocenters. The first-order valence-corrected chi connectivity index (χ1v) is 11.8. The summed E-state index contributed by atoms with van der Waals surface area (Å²) in [5.74, 6) is 1.34. The number of nitrogens with zero attached hydrogens (tertiary/aromatic N) is 1. The van der Waals surface area contributed by atoms with Crippen molar-refractivity contribution in [3.63, 3.8) is 0 Å². The number of imide groups is 1. The zero-order chi connectivity index (χ0) is 23.1. The third kappa shape index (κ3) is 6.09. The number of thioether (sulfide) groups is 1. The van der Waals surface area contributed by atoms with Crippen LogP contribution in [0.2, 0.25) is 5.02 Å². The molecule has 2 amide bonds. The highest BCUT2D eigenvalue weighted by atomic mass is 79.9. The zero-order valence-electron chi connectivity index (χ0n) is 17.3. The highest BCUT2D eigenvalue weighted by molar-refractivity contribution is 9.10. The van der Waals surface area contributed by atoms with E-state index in [0.717, 1.165) is 11.8 Å². The molecule has 9 heteroatoms. The van der Waals surface area contributed by atoms with Gasteiger partial charge in [0.1, 0.15) is 19.0 Å². The van der Waals surface area contributed by atoms with Gasteiger partial charge in [0.05, 0.1) is 22.5 Å². The van der Waals surface area contributed by atoms with Crippen LogP contribution in [0.4, 0.5) is 4.79 Å². The standard InChI is InChI=1S/C23H21BrClNO5S/c1-3-10-31-21-18(24)12-15(13-19(21)29-4-2)14-20-22(27)26(23(28)32-20)9-11-30-17-7-5-16(25)6-8-17/h3,5-8,12-14H,1,4,9-11H2,2H3/b20-14-. The second-order valence-electron chi connectivity index (χ2n) is 6.50. The average molecular weight is 539 g/mol. The summed E-state index contributed by atoms with van der Waals surface area (Å²) in [6, 6.07) is 10.5. The molecule has 0 aliphatic carbocycles. The predicted octanol–water partition coefficient (Wildman–Crippen LogP) is 6.18. The van der Waals surface area contributed by atoms with Crippen LogP contribution in [-0.2, 0) is 4.79 Å². The molecule has 3 rings (SSSR count). The minimum atomic E-state index is -0.360. The molecule has 1 heterocycles. The van der Waals surface area contributed by atoms with Crippen molar-refractivity contribution in [2.24, 2.45) is 0 Å². The van der Waals surface area contributed by atoms with Gasteiger partial charge in [-0.1, -0.05) is 24.3 Å². The van der Waals surface area contributed by atoms with Crippen LogP contribution in [-0.4, -0.2) is 42.4 Å². The molecule has 6 nitrogen and oxygen atoms in total. The molecule has 0 N–H and O–H groups in total. The van der Waals surface area contributed by atoms with Gasteiger partial charge in [0.25, 0.3) is 11.1 Å². The van der Waals surface area contributed by atoms with Gasteiger partial charge in [-0.15, -0.1) is 0 Å². The number of carbonyl (C=O) groups is 2. The van der Waals surface area contributed by atoms with Crippen molar-refractivity contribution >= 4 is 56.5 Å². The van der Waals surface area contributed by atoms with Crippen molar-refractivity contribution in [2.45, 2.75) is 6.92 Å². The van der Waals surface area contributed by atoms with Crippen molar-refractivity contribution in [1.82, 2.24) is 4.90 Å². The van der Waals surface area contributed by atoms with Crippen molar-refractivity contribution in [3.8, 4) is 17.2 Å². The first-order valence-electron chi connectivity index (χ1n) is 9.76. The molecule has 32 heavy (non-hydrogen) atoms. The first kappa shape index (κ1) is 24.2. The lowest BCUT2D eigenvalue weighted by molar-refractivity contribution is -0.123. The van der Waals surface area contributed by atoms with Gasteiger partial charge in [-0.05, 0) is 82.7 Å². The summed E-state index contributed by atoms with van der Waals surface area (Å²) in [5.41, 5.74) is 0.703.